The quantitative estimate of drug-likeness (QED) is 0.819. The van der Waals surface area contributed by atoms with Crippen LogP contribution in [-0.4, -0.2) is 37.0 Å². The van der Waals surface area contributed by atoms with Gasteiger partial charge in [0.15, 0.2) is 0 Å². The first-order valence-corrected chi connectivity index (χ1v) is 6.54. The van der Waals surface area contributed by atoms with Crippen LogP contribution in [0.2, 0.25) is 0 Å². The van der Waals surface area contributed by atoms with E-state index >= 15 is 0 Å². The van der Waals surface area contributed by atoms with Crippen molar-refractivity contribution in [1.29, 1.82) is 0 Å². The Morgan fingerprint density at radius 3 is 3.12 bits per heavy atom. The van der Waals surface area contributed by atoms with Crippen LogP contribution in [-0.2, 0) is 16.0 Å². The van der Waals surface area contributed by atoms with Crippen molar-refractivity contribution in [3.05, 3.63) is 16.6 Å². The molecule has 1 N–H and O–H groups in total. The van der Waals surface area contributed by atoms with Crippen molar-refractivity contribution >= 4 is 11.3 Å². The first-order chi connectivity index (χ1) is 7.85. The Bertz CT molecular complexity index is 305. The Hall–Kier alpha value is -0.490. The highest BCUT2D eigenvalue weighted by atomic mass is 32.1. The van der Waals surface area contributed by atoms with Gasteiger partial charge < -0.3 is 14.8 Å². The van der Waals surface area contributed by atoms with E-state index in [1.54, 1.807) is 18.4 Å². The monoisotopic (exact) mass is 242 g/mol. The van der Waals surface area contributed by atoms with Crippen LogP contribution in [0.15, 0.2) is 10.9 Å². The molecule has 0 radical (unpaired) electrons. The molecular weight excluding hydrogens is 224 g/mol. The molecule has 1 aromatic heterocycles. The Balaban J connectivity index is 1.75. The minimum absolute atomic E-state index is 0.179. The molecule has 0 aliphatic heterocycles. The maximum atomic E-state index is 5.57. The fourth-order valence-corrected chi connectivity index (χ4v) is 2.59. The number of thiazole rings is 1. The molecule has 1 saturated carbocycles. The Labute approximate surface area is 100.0 Å². The zero-order chi connectivity index (χ0) is 11.4. The summed E-state index contributed by atoms with van der Waals surface area (Å²) in [5.74, 6) is 0. The van der Waals surface area contributed by atoms with Gasteiger partial charge in [-0.15, -0.1) is 11.3 Å². The zero-order valence-electron chi connectivity index (χ0n) is 9.68. The van der Waals surface area contributed by atoms with Crippen molar-refractivity contribution in [2.24, 2.45) is 0 Å². The molecule has 2 rings (SSSR count). The summed E-state index contributed by atoms with van der Waals surface area (Å²) in [4.78, 5) is 4.24. The van der Waals surface area contributed by atoms with E-state index in [0.717, 1.165) is 25.3 Å². The van der Waals surface area contributed by atoms with Crippen molar-refractivity contribution < 1.29 is 9.47 Å². The standard InChI is InChI=1S/C11H18N2O2S/c1-3-15-10-4-9(11(10)14-2)12-5-8-6-16-7-13-8/h6-7,9-12H,3-5H2,1-2H3. The SMILES string of the molecule is CCOC1CC(NCc2cscn2)C1OC. The molecule has 0 spiro atoms. The van der Waals surface area contributed by atoms with E-state index in [4.69, 9.17) is 9.47 Å². The number of nitrogens with one attached hydrogen (secondary N) is 1. The van der Waals surface area contributed by atoms with Gasteiger partial charge in [-0.3, -0.25) is 0 Å². The lowest BCUT2D eigenvalue weighted by atomic mass is 9.85. The third kappa shape index (κ3) is 2.60. The smallest absolute Gasteiger partial charge is 0.0986 e. The summed E-state index contributed by atoms with van der Waals surface area (Å²) in [6.45, 7) is 3.58. The summed E-state index contributed by atoms with van der Waals surface area (Å²) in [6, 6.07) is 0.392. The maximum Gasteiger partial charge on any atom is 0.0986 e. The second kappa shape index (κ2) is 5.72. The van der Waals surface area contributed by atoms with Crippen LogP contribution in [0.5, 0.6) is 0 Å². The van der Waals surface area contributed by atoms with Crippen LogP contribution < -0.4 is 5.32 Å². The summed E-state index contributed by atoms with van der Waals surface area (Å²) in [6.07, 6.45) is 1.46. The van der Waals surface area contributed by atoms with Gasteiger partial charge >= 0.3 is 0 Å². The summed E-state index contributed by atoms with van der Waals surface area (Å²) in [7, 11) is 1.74. The molecule has 0 bridgehead atoms. The van der Waals surface area contributed by atoms with Gasteiger partial charge in [0, 0.05) is 31.7 Å². The molecule has 90 valence electrons. The minimum atomic E-state index is 0.179. The van der Waals surface area contributed by atoms with Crippen molar-refractivity contribution in [3.8, 4) is 0 Å². The van der Waals surface area contributed by atoms with Crippen molar-refractivity contribution in [1.82, 2.24) is 10.3 Å². The van der Waals surface area contributed by atoms with Crippen molar-refractivity contribution in [2.45, 2.75) is 38.1 Å². The molecule has 0 amide bonds. The average molecular weight is 242 g/mol. The Morgan fingerprint density at radius 2 is 2.50 bits per heavy atom. The van der Waals surface area contributed by atoms with Crippen LogP contribution in [0.3, 0.4) is 0 Å². The van der Waals surface area contributed by atoms with Gasteiger partial charge in [-0.1, -0.05) is 0 Å². The number of aromatic nitrogens is 1. The lowest BCUT2D eigenvalue weighted by Gasteiger charge is -2.43. The van der Waals surface area contributed by atoms with Crippen LogP contribution in [0.1, 0.15) is 19.0 Å². The van der Waals surface area contributed by atoms with Gasteiger partial charge in [-0.25, -0.2) is 4.98 Å². The largest absolute Gasteiger partial charge is 0.377 e. The molecule has 1 aliphatic rings. The Morgan fingerprint density at radius 1 is 1.62 bits per heavy atom. The average Bonchev–Trinajstić information content (AvgIpc) is 2.75. The van der Waals surface area contributed by atoms with Crippen LogP contribution in [0, 0.1) is 0 Å². The predicted octanol–water partition coefficient (Wildman–Crippen LogP) is 1.43. The molecule has 1 heterocycles. The first kappa shape index (κ1) is 12.0. The van der Waals surface area contributed by atoms with E-state index in [1.165, 1.54) is 0 Å². The molecule has 4 nitrogen and oxygen atoms in total. The van der Waals surface area contributed by atoms with Crippen LogP contribution in [0.25, 0.3) is 0 Å². The molecule has 16 heavy (non-hydrogen) atoms. The van der Waals surface area contributed by atoms with E-state index in [9.17, 15) is 0 Å². The molecule has 0 saturated heterocycles. The van der Waals surface area contributed by atoms with E-state index in [1.807, 2.05) is 12.4 Å². The van der Waals surface area contributed by atoms with E-state index in [0.29, 0.717) is 6.04 Å². The highest BCUT2D eigenvalue weighted by Crippen LogP contribution is 2.27. The van der Waals surface area contributed by atoms with E-state index < -0.39 is 0 Å². The van der Waals surface area contributed by atoms with Gasteiger partial charge in [0.25, 0.3) is 0 Å². The number of ether oxygens (including phenoxy) is 2. The number of hydrogen-bond donors (Lipinski definition) is 1. The molecule has 3 atom stereocenters. The molecule has 1 fully saturated rings. The molecule has 1 aromatic rings. The third-order valence-electron chi connectivity index (χ3n) is 2.93. The second-order valence-electron chi connectivity index (χ2n) is 3.90. The van der Waals surface area contributed by atoms with Crippen LogP contribution >= 0.6 is 11.3 Å². The van der Waals surface area contributed by atoms with Crippen LogP contribution in [0.4, 0.5) is 0 Å². The topological polar surface area (TPSA) is 43.4 Å². The Kier molecular flexibility index (Phi) is 4.29. The summed E-state index contributed by atoms with van der Waals surface area (Å²) < 4.78 is 11.0. The first-order valence-electron chi connectivity index (χ1n) is 5.60. The van der Waals surface area contributed by atoms with E-state index in [2.05, 4.69) is 15.7 Å². The van der Waals surface area contributed by atoms with Gasteiger partial charge in [0.1, 0.15) is 0 Å². The normalized spacial score (nSPS) is 29.0. The van der Waals surface area contributed by atoms with Gasteiger partial charge in [-0.05, 0) is 13.3 Å². The lowest BCUT2D eigenvalue weighted by molar-refractivity contribution is -0.131. The van der Waals surface area contributed by atoms with E-state index in [-0.39, 0.29) is 12.2 Å². The zero-order valence-corrected chi connectivity index (χ0v) is 10.5. The number of nitrogens with zero attached hydrogens (tertiary/aromatic N) is 1. The molecule has 5 heteroatoms. The number of rotatable bonds is 6. The summed E-state index contributed by atoms with van der Waals surface area (Å²) in [5.41, 5.74) is 2.95. The van der Waals surface area contributed by atoms with Gasteiger partial charge in [0.2, 0.25) is 0 Å². The highest BCUT2D eigenvalue weighted by Gasteiger charge is 2.41. The highest BCUT2D eigenvalue weighted by molar-refractivity contribution is 7.07. The van der Waals surface area contributed by atoms with Crippen molar-refractivity contribution in [2.75, 3.05) is 13.7 Å². The second-order valence-corrected chi connectivity index (χ2v) is 4.62. The van der Waals surface area contributed by atoms with Gasteiger partial charge in [0.05, 0.1) is 23.4 Å². The molecule has 1 aliphatic carbocycles. The molecular formula is C11H18N2O2S. The minimum Gasteiger partial charge on any atom is -0.377 e. The summed E-state index contributed by atoms with van der Waals surface area (Å²) >= 11 is 1.63. The maximum absolute atomic E-state index is 5.57. The number of methoxy groups -OCH3 is 1. The fourth-order valence-electron chi connectivity index (χ4n) is 2.03. The predicted molar refractivity (Wildman–Crippen MR) is 63.6 cm³/mol. The van der Waals surface area contributed by atoms with Gasteiger partial charge in [-0.2, -0.15) is 0 Å². The molecule has 3 unspecified atom stereocenters. The summed E-state index contributed by atoms with van der Waals surface area (Å²) in [5, 5.41) is 5.51. The molecule has 0 aromatic carbocycles. The number of hydrogen-bond acceptors (Lipinski definition) is 5. The fraction of sp³-hybridized carbons (Fsp3) is 0.727. The van der Waals surface area contributed by atoms with Crippen molar-refractivity contribution in [3.63, 3.8) is 0 Å². The lowest BCUT2D eigenvalue weighted by Crippen LogP contribution is -2.59. The third-order valence-corrected chi connectivity index (χ3v) is 3.57.